The summed E-state index contributed by atoms with van der Waals surface area (Å²) in [7, 11) is 1.36. The minimum atomic E-state index is -0.783. The lowest BCUT2D eigenvalue weighted by Crippen LogP contribution is -2.47. The normalized spacial score (nSPS) is 18.1. The minimum Gasteiger partial charge on any atom is -0.481 e. The molecule has 0 saturated carbocycles. The van der Waals surface area contributed by atoms with Crippen LogP contribution in [0, 0.1) is 0 Å². The van der Waals surface area contributed by atoms with Crippen molar-refractivity contribution in [2.75, 3.05) is 38.2 Å². The van der Waals surface area contributed by atoms with Crippen LogP contribution in [-0.2, 0) is 14.3 Å². The first-order valence-corrected chi connectivity index (χ1v) is 13.6. The van der Waals surface area contributed by atoms with Gasteiger partial charge in [-0.15, -0.1) is 11.3 Å². The number of aromatic nitrogens is 1. The number of ether oxygens (including phenoxy) is 1. The predicted molar refractivity (Wildman–Crippen MR) is 142 cm³/mol. The van der Waals surface area contributed by atoms with E-state index in [0.29, 0.717) is 34.4 Å². The smallest absolute Gasteiger partial charge is 0.337 e. The molecule has 1 unspecified atom stereocenters. The number of carbonyl (C=O) groups is 2. The number of carboxylic acids is 1. The standard InChI is InChI=1S/C17H22N4O4S2.C6H4Cl2/c1-25-17(24)12-8-19-15(16-18-4-6-27-16)20-13(12)9-21-5-7-26-10-11(21)2-3-14(22)23;7-5-2-1-3-6(8)4-5/h4,6,11H,2-3,5,7-10H2,1H3,(H,19,20)(H,22,23);1-4H. The van der Waals surface area contributed by atoms with E-state index in [0.717, 1.165) is 28.8 Å². The van der Waals surface area contributed by atoms with Crippen LogP contribution in [0.3, 0.4) is 0 Å². The number of hydrogen-bond acceptors (Lipinski definition) is 9. The van der Waals surface area contributed by atoms with Gasteiger partial charge in [0.2, 0.25) is 0 Å². The van der Waals surface area contributed by atoms with Crippen molar-refractivity contribution in [3.63, 3.8) is 0 Å². The molecule has 1 aromatic carbocycles. The molecule has 0 aliphatic carbocycles. The van der Waals surface area contributed by atoms with Gasteiger partial charge in [-0.05, 0) is 24.6 Å². The molecule has 8 nitrogen and oxygen atoms in total. The van der Waals surface area contributed by atoms with Gasteiger partial charge >= 0.3 is 11.9 Å². The van der Waals surface area contributed by atoms with E-state index in [1.807, 2.05) is 23.2 Å². The molecule has 188 valence electrons. The summed E-state index contributed by atoms with van der Waals surface area (Å²) in [5.41, 5.74) is 1.27. The van der Waals surface area contributed by atoms with E-state index in [1.165, 1.54) is 18.4 Å². The van der Waals surface area contributed by atoms with Gasteiger partial charge in [0.25, 0.3) is 0 Å². The first kappa shape index (κ1) is 27.5. The van der Waals surface area contributed by atoms with Crippen LogP contribution in [0.15, 0.2) is 52.1 Å². The molecule has 2 aliphatic rings. The lowest BCUT2D eigenvalue weighted by atomic mass is 10.1. The number of methoxy groups -OCH3 is 1. The Kier molecular flexibility index (Phi) is 10.9. The van der Waals surface area contributed by atoms with Crippen molar-refractivity contribution in [2.45, 2.75) is 18.9 Å². The van der Waals surface area contributed by atoms with Gasteiger partial charge in [0.05, 0.1) is 19.2 Å². The summed E-state index contributed by atoms with van der Waals surface area (Å²) in [6, 6.07) is 7.24. The number of aliphatic carboxylic acids is 1. The monoisotopic (exact) mass is 556 g/mol. The van der Waals surface area contributed by atoms with E-state index in [4.69, 9.17) is 33.0 Å². The number of nitrogens with one attached hydrogen (secondary N) is 1. The zero-order chi connectivity index (χ0) is 25.2. The highest BCUT2D eigenvalue weighted by Gasteiger charge is 2.29. The summed E-state index contributed by atoms with van der Waals surface area (Å²) in [5.74, 6) is 1.35. The number of esters is 1. The van der Waals surface area contributed by atoms with E-state index in [2.05, 4.69) is 20.2 Å². The maximum absolute atomic E-state index is 12.2. The fraction of sp³-hybridized carbons (Fsp3) is 0.391. The van der Waals surface area contributed by atoms with Crippen molar-refractivity contribution in [3.8, 4) is 0 Å². The molecule has 0 spiro atoms. The molecule has 1 aromatic heterocycles. The zero-order valence-electron chi connectivity index (χ0n) is 19.1. The van der Waals surface area contributed by atoms with Gasteiger partial charge in [0.1, 0.15) is 0 Å². The molecule has 12 heteroatoms. The molecular weight excluding hydrogens is 531 g/mol. The highest BCUT2D eigenvalue weighted by molar-refractivity contribution is 7.99. The average Bonchev–Trinajstić information content (AvgIpc) is 3.38. The van der Waals surface area contributed by atoms with Crippen LogP contribution in [-0.4, -0.2) is 77.1 Å². The second-order valence-electron chi connectivity index (χ2n) is 7.65. The van der Waals surface area contributed by atoms with Gasteiger partial charge < -0.3 is 15.2 Å². The summed E-state index contributed by atoms with van der Waals surface area (Å²) >= 11 is 14.4. The van der Waals surface area contributed by atoms with Crippen molar-refractivity contribution in [1.29, 1.82) is 0 Å². The first-order valence-electron chi connectivity index (χ1n) is 10.8. The zero-order valence-corrected chi connectivity index (χ0v) is 22.2. The molecule has 2 aliphatic heterocycles. The van der Waals surface area contributed by atoms with Crippen molar-refractivity contribution in [1.82, 2.24) is 15.2 Å². The average molecular weight is 558 g/mol. The molecule has 2 aromatic rings. The number of thiazole rings is 1. The summed E-state index contributed by atoms with van der Waals surface area (Å²) in [6.07, 6.45) is 2.45. The molecule has 0 amide bonds. The van der Waals surface area contributed by atoms with Crippen LogP contribution in [0.25, 0.3) is 0 Å². The van der Waals surface area contributed by atoms with Gasteiger partial charge in [-0.25, -0.2) is 9.78 Å². The topological polar surface area (TPSA) is 104 Å². The summed E-state index contributed by atoms with van der Waals surface area (Å²) in [6.45, 7) is 1.62. The molecule has 1 fully saturated rings. The molecule has 0 bridgehead atoms. The molecule has 35 heavy (non-hydrogen) atoms. The van der Waals surface area contributed by atoms with Crippen molar-refractivity contribution >= 4 is 64.1 Å². The van der Waals surface area contributed by atoms with Crippen LogP contribution in [0.4, 0.5) is 0 Å². The molecule has 1 atom stereocenters. The predicted octanol–water partition coefficient (Wildman–Crippen LogP) is 4.20. The van der Waals surface area contributed by atoms with Crippen LogP contribution in [0.5, 0.6) is 0 Å². The number of hydrogen-bond donors (Lipinski definition) is 2. The number of nitrogens with zero attached hydrogens (tertiary/aromatic N) is 3. The SMILES string of the molecule is COC(=O)C1=C(CN2CCSCC2CCC(=O)O)NC(c2nccs2)=NC1.Clc1cccc(Cl)c1. The number of carboxylic acid groups (broad SMARTS) is 1. The van der Waals surface area contributed by atoms with Crippen molar-refractivity contribution in [3.05, 3.63) is 62.2 Å². The third-order valence-corrected chi connectivity index (χ3v) is 7.63. The molecule has 2 N–H and O–H groups in total. The first-order chi connectivity index (χ1) is 16.9. The van der Waals surface area contributed by atoms with Crippen LogP contribution < -0.4 is 5.32 Å². The van der Waals surface area contributed by atoms with Gasteiger partial charge in [0.15, 0.2) is 10.8 Å². The van der Waals surface area contributed by atoms with Gasteiger partial charge in [-0.1, -0.05) is 29.3 Å². The number of carbonyl (C=O) groups excluding carboxylic acids is 1. The Bertz CT molecular complexity index is 1060. The fourth-order valence-corrected chi connectivity index (χ4v) is 5.75. The summed E-state index contributed by atoms with van der Waals surface area (Å²) in [5, 5.41) is 16.3. The maximum Gasteiger partial charge on any atom is 0.337 e. The number of amidine groups is 1. The van der Waals surface area contributed by atoms with Crippen LogP contribution in [0.1, 0.15) is 17.8 Å². The third kappa shape index (κ3) is 8.50. The summed E-state index contributed by atoms with van der Waals surface area (Å²) < 4.78 is 4.92. The Morgan fingerprint density at radius 3 is 2.69 bits per heavy atom. The molecular formula is C23H26Cl2N4O4S2. The maximum atomic E-state index is 12.2. The Morgan fingerprint density at radius 1 is 1.31 bits per heavy atom. The van der Waals surface area contributed by atoms with Crippen molar-refractivity contribution < 1.29 is 19.4 Å². The summed E-state index contributed by atoms with van der Waals surface area (Å²) in [4.78, 5) is 34.1. The lowest BCUT2D eigenvalue weighted by Gasteiger charge is -2.36. The Morgan fingerprint density at radius 2 is 2.09 bits per heavy atom. The molecule has 1 saturated heterocycles. The Balaban J connectivity index is 0.000000363. The number of aliphatic imine (C=N–C) groups is 1. The van der Waals surface area contributed by atoms with E-state index >= 15 is 0 Å². The highest BCUT2D eigenvalue weighted by atomic mass is 35.5. The Labute approximate surface area is 222 Å². The Hall–Kier alpha value is -2.11. The highest BCUT2D eigenvalue weighted by Crippen LogP contribution is 2.23. The van der Waals surface area contributed by atoms with E-state index in [1.54, 1.807) is 24.4 Å². The van der Waals surface area contributed by atoms with Crippen LogP contribution in [0.2, 0.25) is 10.0 Å². The van der Waals surface area contributed by atoms with Gasteiger partial charge in [-0.2, -0.15) is 11.8 Å². The number of rotatable bonds is 7. The van der Waals surface area contributed by atoms with E-state index < -0.39 is 11.9 Å². The third-order valence-electron chi connectivity index (χ3n) is 5.28. The van der Waals surface area contributed by atoms with Gasteiger partial charge in [-0.3, -0.25) is 14.7 Å². The second kappa shape index (κ2) is 13.8. The molecule has 4 rings (SSSR count). The second-order valence-corrected chi connectivity index (χ2v) is 10.6. The fourth-order valence-electron chi connectivity index (χ4n) is 3.54. The largest absolute Gasteiger partial charge is 0.481 e. The quantitative estimate of drug-likeness (QED) is 0.489. The van der Waals surface area contributed by atoms with Crippen LogP contribution >= 0.6 is 46.3 Å². The number of halogens is 2. The lowest BCUT2D eigenvalue weighted by molar-refractivity contribution is -0.137. The van der Waals surface area contributed by atoms with Crippen molar-refractivity contribution in [2.24, 2.45) is 4.99 Å². The number of benzene rings is 1. The number of thioether (sulfide) groups is 1. The molecule has 3 heterocycles. The van der Waals surface area contributed by atoms with E-state index in [9.17, 15) is 9.59 Å². The van der Waals surface area contributed by atoms with E-state index in [-0.39, 0.29) is 19.0 Å². The van der Waals surface area contributed by atoms with Gasteiger partial charge in [0, 0.05) is 64.4 Å². The minimum absolute atomic E-state index is 0.143. The molecule has 0 radical (unpaired) electrons.